The SMILES string of the molecule is CCCCCC/C=C/CC/C=C/C(O)C(COP(=O)(O)OCC[N+](C)(C)C)NC(C)=O. The van der Waals surface area contributed by atoms with Crippen LogP contribution in [0.5, 0.6) is 0 Å². The molecule has 0 aliphatic carbocycles. The molecule has 3 atom stereocenters. The van der Waals surface area contributed by atoms with Crippen LogP contribution >= 0.6 is 7.82 Å². The number of nitrogens with zero attached hydrogens (tertiary/aromatic N) is 1. The molecule has 0 bridgehead atoms. The molecule has 0 rings (SSSR count). The molecule has 3 unspecified atom stereocenters. The van der Waals surface area contributed by atoms with Gasteiger partial charge in [0.2, 0.25) is 5.91 Å². The average Bonchev–Trinajstić information content (AvgIpc) is 2.65. The Morgan fingerprint density at radius 3 is 2.32 bits per heavy atom. The summed E-state index contributed by atoms with van der Waals surface area (Å²) < 4.78 is 22.6. The Labute approximate surface area is 188 Å². The highest BCUT2D eigenvalue weighted by Crippen LogP contribution is 2.43. The van der Waals surface area contributed by atoms with Gasteiger partial charge in [0.1, 0.15) is 13.2 Å². The summed E-state index contributed by atoms with van der Waals surface area (Å²) in [5, 5.41) is 12.9. The lowest BCUT2D eigenvalue weighted by molar-refractivity contribution is -0.870. The maximum absolute atomic E-state index is 12.0. The van der Waals surface area contributed by atoms with Gasteiger partial charge in [-0.05, 0) is 25.7 Å². The second kappa shape index (κ2) is 16.6. The summed E-state index contributed by atoms with van der Waals surface area (Å²) >= 11 is 0. The van der Waals surface area contributed by atoms with Crippen LogP contribution in [0.3, 0.4) is 0 Å². The Morgan fingerprint density at radius 2 is 1.71 bits per heavy atom. The summed E-state index contributed by atoms with van der Waals surface area (Å²) in [7, 11) is 1.53. The zero-order chi connectivity index (χ0) is 23.8. The normalized spacial score (nSPS) is 16.5. The van der Waals surface area contributed by atoms with Gasteiger partial charge in [-0.1, -0.05) is 50.5 Å². The first-order valence-electron chi connectivity index (χ1n) is 11.2. The number of carbonyl (C=O) groups excluding carboxylic acids is 1. The van der Waals surface area contributed by atoms with Crippen molar-refractivity contribution in [3.63, 3.8) is 0 Å². The van der Waals surface area contributed by atoms with E-state index >= 15 is 0 Å². The number of nitrogens with one attached hydrogen (secondary N) is 1. The summed E-state index contributed by atoms with van der Waals surface area (Å²) in [6, 6.07) is -0.856. The van der Waals surface area contributed by atoms with Crippen LogP contribution in [0.15, 0.2) is 24.3 Å². The molecule has 0 saturated carbocycles. The van der Waals surface area contributed by atoms with Gasteiger partial charge in [-0.25, -0.2) is 4.57 Å². The van der Waals surface area contributed by atoms with Crippen LogP contribution < -0.4 is 5.32 Å². The van der Waals surface area contributed by atoms with Gasteiger partial charge in [-0.3, -0.25) is 13.8 Å². The predicted molar refractivity (Wildman–Crippen MR) is 125 cm³/mol. The molecule has 0 aromatic carbocycles. The van der Waals surface area contributed by atoms with Crippen molar-refractivity contribution in [2.24, 2.45) is 0 Å². The lowest BCUT2D eigenvalue weighted by Gasteiger charge is -2.25. The van der Waals surface area contributed by atoms with Crippen LogP contribution in [0.25, 0.3) is 0 Å². The van der Waals surface area contributed by atoms with Crippen LogP contribution in [0.1, 0.15) is 58.8 Å². The van der Waals surface area contributed by atoms with E-state index in [-0.39, 0.29) is 19.1 Å². The zero-order valence-electron chi connectivity index (χ0n) is 20.0. The first-order chi connectivity index (χ1) is 14.5. The molecule has 0 saturated heterocycles. The number of allylic oxidation sites excluding steroid dienone is 3. The van der Waals surface area contributed by atoms with E-state index < -0.39 is 20.0 Å². The number of aliphatic hydroxyl groups excluding tert-OH is 1. The molecule has 0 heterocycles. The maximum atomic E-state index is 12.0. The van der Waals surface area contributed by atoms with Crippen molar-refractivity contribution in [2.45, 2.75) is 70.9 Å². The molecule has 0 spiro atoms. The highest BCUT2D eigenvalue weighted by atomic mass is 31.2. The van der Waals surface area contributed by atoms with E-state index in [1.165, 1.54) is 32.6 Å². The van der Waals surface area contributed by atoms with E-state index in [9.17, 15) is 19.4 Å². The van der Waals surface area contributed by atoms with Crippen LogP contribution in [0, 0.1) is 0 Å². The van der Waals surface area contributed by atoms with Crippen LogP contribution in [0.2, 0.25) is 0 Å². The summed E-state index contributed by atoms with van der Waals surface area (Å²) in [6.45, 7) is 3.74. The Balaban J connectivity index is 4.42. The number of unbranched alkanes of at least 4 members (excludes halogenated alkanes) is 5. The first kappa shape index (κ1) is 30.0. The molecular formula is C22H44N2O6P+. The van der Waals surface area contributed by atoms with E-state index in [4.69, 9.17) is 9.05 Å². The Morgan fingerprint density at radius 1 is 1.06 bits per heavy atom. The molecule has 31 heavy (non-hydrogen) atoms. The number of aliphatic hydroxyl groups is 1. The van der Waals surface area contributed by atoms with Gasteiger partial charge < -0.3 is 19.8 Å². The molecule has 0 aromatic rings. The summed E-state index contributed by atoms with van der Waals surface area (Å²) in [6.07, 6.45) is 14.4. The van der Waals surface area contributed by atoms with Gasteiger partial charge in [0.05, 0.1) is 39.9 Å². The van der Waals surface area contributed by atoms with Gasteiger partial charge in [0.25, 0.3) is 0 Å². The molecule has 3 N–H and O–H groups in total. The van der Waals surface area contributed by atoms with Crippen molar-refractivity contribution in [2.75, 3.05) is 40.9 Å². The highest BCUT2D eigenvalue weighted by molar-refractivity contribution is 7.47. The van der Waals surface area contributed by atoms with Gasteiger partial charge in [0, 0.05) is 6.92 Å². The first-order valence-corrected chi connectivity index (χ1v) is 12.7. The lowest BCUT2D eigenvalue weighted by Crippen LogP contribution is -2.44. The van der Waals surface area contributed by atoms with E-state index in [1.54, 1.807) is 6.08 Å². The fourth-order valence-electron chi connectivity index (χ4n) is 2.62. The van der Waals surface area contributed by atoms with Crippen molar-refractivity contribution >= 4 is 13.7 Å². The smallest absolute Gasteiger partial charge is 0.387 e. The number of phosphoric acid groups is 1. The summed E-state index contributed by atoms with van der Waals surface area (Å²) in [4.78, 5) is 21.3. The summed E-state index contributed by atoms with van der Waals surface area (Å²) in [5.41, 5.74) is 0. The van der Waals surface area contributed by atoms with Crippen molar-refractivity contribution < 1.29 is 32.9 Å². The van der Waals surface area contributed by atoms with Crippen molar-refractivity contribution in [1.82, 2.24) is 5.32 Å². The number of quaternary nitrogens is 1. The second-order valence-corrected chi connectivity index (χ2v) is 10.2. The fourth-order valence-corrected chi connectivity index (χ4v) is 3.35. The minimum absolute atomic E-state index is 0.0522. The Bertz CT molecular complexity index is 589. The lowest BCUT2D eigenvalue weighted by atomic mass is 10.1. The van der Waals surface area contributed by atoms with Crippen molar-refractivity contribution in [3.05, 3.63) is 24.3 Å². The minimum atomic E-state index is -4.28. The van der Waals surface area contributed by atoms with Crippen LogP contribution in [-0.2, 0) is 18.4 Å². The standard InChI is InChI=1S/C22H43N2O6P/c1-6-7-8-9-10-11-12-13-14-15-16-22(26)21(23-20(2)25)19-30-31(27,28)29-18-17-24(3,4)5/h11-12,15-16,21-22,26H,6-10,13-14,17-19H2,1-5H3,(H-,23,25,27,28)/p+1/b12-11+,16-15+. The van der Waals surface area contributed by atoms with Gasteiger partial charge >= 0.3 is 7.82 Å². The molecule has 8 nitrogen and oxygen atoms in total. The number of carbonyl (C=O) groups is 1. The molecule has 182 valence electrons. The molecule has 9 heteroatoms. The van der Waals surface area contributed by atoms with Crippen molar-refractivity contribution in [3.8, 4) is 0 Å². The molecule has 0 aromatic heterocycles. The molecule has 0 fully saturated rings. The fraction of sp³-hybridized carbons (Fsp3) is 0.773. The van der Waals surface area contributed by atoms with Gasteiger partial charge in [-0.2, -0.15) is 0 Å². The highest BCUT2D eigenvalue weighted by Gasteiger charge is 2.27. The number of phosphoric ester groups is 1. The topological polar surface area (TPSA) is 105 Å². The third kappa shape index (κ3) is 19.4. The largest absolute Gasteiger partial charge is 0.472 e. The Kier molecular flexibility index (Phi) is 16.0. The van der Waals surface area contributed by atoms with Crippen molar-refractivity contribution in [1.29, 1.82) is 0 Å². The number of amides is 1. The predicted octanol–water partition coefficient (Wildman–Crippen LogP) is 3.55. The van der Waals surface area contributed by atoms with E-state index in [0.29, 0.717) is 11.0 Å². The van der Waals surface area contributed by atoms with E-state index in [0.717, 1.165) is 19.3 Å². The second-order valence-electron chi connectivity index (χ2n) is 8.74. The zero-order valence-corrected chi connectivity index (χ0v) is 20.9. The van der Waals surface area contributed by atoms with Crippen LogP contribution in [0.4, 0.5) is 0 Å². The van der Waals surface area contributed by atoms with Gasteiger partial charge in [-0.15, -0.1) is 0 Å². The third-order valence-electron chi connectivity index (χ3n) is 4.46. The minimum Gasteiger partial charge on any atom is -0.387 e. The molecular weight excluding hydrogens is 419 g/mol. The van der Waals surface area contributed by atoms with Gasteiger partial charge in [0.15, 0.2) is 0 Å². The quantitative estimate of drug-likeness (QED) is 0.124. The average molecular weight is 464 g/mol. The monoisotopic (exact) mass is 463 g/mol. The van der Waals surface area contributed by atoms with E-state index in [2.05, 4.69) is 24.4 Å². The van der Waals surface area contributed by atoms with E-state index in [1.807, 2.05) is 27.2 Å². The number of rotatable bonds is 18. The summed E-state index contributed by atoms with van der Waals surface area (Å²) in [5.74, 6) is -0.370. The number of likely N-dealkylation sites (N-methyl/N-ethyl adjacent to an activating group) is 1. The molecule has 0 radical (unpaired) electrons. The number of hydrogen-bond acceptors (Lipinski definition) is 5. The third-order valence-corrected chi connectivity index (χ3v) is 5.44. The Hall–Kier alpha value is -1.02. The molecule has 0 aliphatic rings. The van der Waals surface area contributed by atoms with Crippen LogP contribution in [-0.4, -0.2) is 73.4 Å². The maximum Gasteiger partial charge on any atom is 0.472 e. The molecule has 0 aliphatic heterocycles. The molecule has 1 amide bonds. The number of hydrogen-bond donors (Lipinski definition) is 3.